The summed E-state index contributed by atoms with van der Waals surface area (Å²) < 4.78 is 1.71. The summed E-state index contributed by atoms with van der Waals surface area (Å²) in [6.07, 6.45) is 10.8. The first-order valence-corrected chi connectivity index (χ1v) is 10.0. The van der Waals surface area contributed by atoms with Crippen LogP contribution in [0.2, 0.25) is 5.02 Å². The minimum Gasteiger partial charge on any atom is -0.349 e. The van der Waals surface area contributed by atoms with Crippen molar-refractivity contribution in [3.05, 3.63) is 64.2 Å². The van der Waals surface area contributed by atoms with Gasteiger partial charge in [-0.1, -0.05) is 11.6 Å². The molecule has 1 fully saturated rings. The molecule has 0 unspecified atom stereocenters. The summed E-state index contributed by atoms with van der Waals surface area (Å²) in [5.41, 5.74) is 4.38. The first kappa shape index (κ1) is 19.4. The maximum Gasteiger partial charge on any atom is 0.251 e. The van der Waals surface area contributed by atoms with Crippen molar-refractivity contribution in [2.24, 2.45) is 7.05 Å². The van der Waals surface area contributed by atoms with E-state index in [9.17, 15) is 4.79 Å². The van der Waals surface area contributed by atoms with Gasteiger partial charge >= 0.3 is 0 Å². The molecule has 2 aromatic heterocycles. The monoisotopic (exact) mass is 410 g/mol. The van der Waals surface area contributed by atoms with Gasteiger partial charge in [0, 0.05) is 42.3 Å². The highest BCUT2D eigenvalue weighted by molar-refractivity contribution is 6.32. The predicted octanol–water partition coefficient (Wildman–Crippen LogP) is 3.59. The summed E-state index contributed by atoms with van der Waals surface area (Å²) in [4.78, 5) is 21.1. The number of hydrogen-bond donors (Lipinski definition) is 2. The molecule has 1 aromatic carbocycles. The molecule has 0 aliphatic heterocycles. The van der Waals surface area contributed by atoms with Crippen molar-refractivity contribution in [2.45, 2.75) is 38.6 Å². The summed E-state index contributed by atoms with van der Waals surface area (Å²) >= 11 is 6.49. The molecule has 0 bridgehead atoms. The van der Waals surface area contributed by atoms with Crippen molar-refractivity contribution < 1.29 is 4.79 Å². The van der Waals surface area contributed by atoms with Crippen LogP contribution in [0.3, 0.4) is 0 Å². The van der Waals surface area contributed by atoms with Crippen molar-refractivity contribution in [1.29, 1.82) is 0 Å². The SMILES string of the molecule is Cc1cc(C(=O)NC2CC2)cc(CCc2cnc(Nc3cnn(C)c3)nc2)c1Cl. The van der Waals surface area contributed by atoms with Crippen LogP contribution in [0, 0.1) is 6.92 Å². The van der Waals surface area contributed by atoms with Gasteiger partial charge in [0.2, 0.25) is 5.95 Å². The average Bonchev–Trinajstić information content (AvgIpc) is 3.43. The Morgan fingerprint density at radius 3 is 2.62 bits per heavy atom. The van der Waals surface area contributed by atoms with Gasteiger partial charge in [-0.25, -0.2) is 9.97 Å². The van der Waals surface area contributed by atoms with E-state index in [4.69, 9.17) is 11.6 Å². The molecule has 1 aliphatic carbocycles. The summed E-state index contributed by atoms with van der Waals surface area (Å²) in [5.74, 6) is 0.497. The van der Waals surface area contributed by atoms with Crippen molar-refractivity contribution in [3.8, 4) is 0 Å². The first-order valence-electron chi connectivity index (χ1n) is 9.64. The number of rotatable bonds is 7. The molecule has 8 heteroatoms. The van der Waals surface area contributed by atoms with Crippen molar-refractivity contribution >= 4 is 29.1 Å². The fraction of sp³-hybridized carbons (Fsp3) is 0.333. The molecule has 1 aliphatic rings. The normalized spacial score (nSPS) is 13.3. The fourth-order valence-electron chi connectivity index (χ4n) is 3.09. The molecule has 4 rings (SSSR count). The minimum atomic E-state index is -0.0253. The lowest BCUT2D eigenvalue weighted by Gasteiger charge is -2.11. The molecule has 29 heavy (non-hydrogen) atoms. The number of hydrogen-bond acceptors (Lipinski definition) is 5. The van der Waals surface area contributed by atoms with Gasteiger partial charge in [-0.3, -0.25) is 9.48 Å². The van der Waals surface area contributed by atoms with Gasteiger partial charge in [-0.2, -0.15) is 5.10 Å². The predicted molar refractivity (Wildman–Crippen MR) is 113 cm³/mol. The van der Waals surface area contributed by atoms with Crippen molar-refractivity contribution in [3.63, 3.8) is 0 Å². The Labute approximate surface area is 174 Å². The highest BCUT2D eigenvalue weighted by Gasteiger charge is 2.24. The molecule has 3 aromatic rings. The molecule has 2 heterocycles. The first-order chi connectivity index (χ1) is 14.0. The van der Waals surface area contributed by atoms with Gasteiger partial charge in [0.15, 0.2) is 0 Å². The van der Waals surface area contributed by atoms with Crippen LogP contribution in [-0.2, 0) is 19.9 Å². The second-order valence-electron chi connectivity index (χ2n) is 7.46. The zero-order chi connectivity index (χ0) is 20.4. The van der Waals surface area contributed by atoms with Gasteiger partial charge < -0.3 is 10.6 Å². The lowest BCUT2D eigenvalue weighted by atomic mass is 10.0. The van der Waals surface area contributed by atoms with E-state index in [2.05, 4.69) is 25.7 Å². The van der Waals surface area contributed by atoms with E-state index in [1.165, 1.54) is 0 Å². The number of nitrogens with zero attached hydrogens (tertiary/aromatic N) is 4. The van der Waals surface area contributed by atoms with Crippen LogP contribution in [0.1, 0.15) is 39.9 Å². The van der Waals surface area contributed by atoms with E-state index in [1.807, 2.05) is 32.3 Å². The Bertz CT molecular complexity index is 1030. The number of carbonyl (C=O) groups excluding carboxylic acids is 1. The third kappa shape index (κ3) is 4.92. The van der Waals surface area contributed by atoms with Gasteiger partial charge in [0.25, 0.3) is 5.91 Å². The Balaban J connectivity index is 1.41. The average molecular weight is 411 g/mol. The largest absolute Gasteiger partial charge is 0.349 e. The summed E-state index contributed by atoms with van der Waals surface area (Å²) in [5, 5.41) is 11.0. The number of anilines is 2. The molecular formula is C21H23ClN6O. The van der Waals surface area contributed by atoms with Gasteiger partial charge in [-0.05, 0) is 61.4 Å². The summed E-state index contributed by atoms with van der Waals surface area (Å²) in [6, 6.07) is 4.08. The zero-order valence-corrected chi connectivity index (χ0v) is 17.2. The molecule has 0 spiro atoms. The highest BCUT2D eigenvalue weighted by atomic mass is 35.5. The Morgan fingerprint density at radius 1 is 1.21 bits per heavy atom. The molecule has 1 saturated carbocycles. The molecule has 2 N–H and O–H groups in total. The maximum atomic E-state index is 12.4. The topological polar surface area (TPSA) is 84.7 Å². The molecule has 150 valence electrons. The molecule has 0 atom stereocenters. The van der Waals surface area contributed by atoms with E-state index >= 15 is 0 Å². The third-order valence-corrected chi connectivity index (χ3v) is 5.39. The lowest BCUT2D eigenvalue weighted by molar-refractivity contribution is 0.0951. The van der Waals surface area contributed by atoms with E-state index in [0.29, 0.717) is 29.0 Å². The Hall–Kier alpha value is -2.93. The second-order valence-corrected chi connectivity index (χ2v) is 7.83. The third-order valence-electron chi connectivity index (χ3n) is 4.85. The van der Waals surface area contributed by atoms with Crippen LogP contribution in [-0.4, -0.2) is 31.7 Å². The van der Waals surface area contributed by atoms with Crippen LogP contribution in [0.25, 0.3) is 0 Å². The van der Waals surface area contributed by atoms with Crippen LogP contribution in [0.5, 0.6) is 0 Å². The van der Waals surface area contributed by atoms with Crippen LogP contribution in [0.4, 0.5) is 11.6 Å². The lowest BCUT2D eigenvalue weighted by Crippen LogP contribution is -2.25. The van der Waals surface area contributed by atoms with Gasteiger partial charge in [-0.15, -0.1) is 0 Å². The van der Waals surface area contributed by atoms with E-state index < -0.39 is 0 Å². The fourth-order valence-corrected chi connectivity index (χ4v) is 3.30. The number of aryl methyl sites for hydroxylation is 4. The Morgan fingerprint density at radius 2 is 1.97 bits per heavy atom. The number of amides is 1. The minimum absolute atomic E-state index is 0.0253. The van der Waals surface area contributed by atoms with E-state index in [1.54, 1.807) is 23.3 Å². The molecular weight excluding hydrogens is 388 g/mol. The maximum absolute atomic E-state index is 12.4. The number of benzene rings is 1. The molecule has 0 saturated heterocycles. The number of aromatic nitrogens is 4. The molecule has 0 radical (unpaired) electrons. The molecule has 1 amide bonds. The van der Waals surface area contributed by atoms with Crippen LogP contribution in [0.15, 0.2) is 36.9 Å². The van der Waals surface area contributed by atoms with Gasteiger partial charge in [0.1, 0.15) is 0 Å². The van der Waals surface area contributed by atoms with Crippen LogP contribution >= 0.6 is 11.6 Å². The smallest absolute Gasteiger partial charge is 0.251 e. The zero-order valence-electron chi connectivity index (χ0n) is 16.4. The second kappa shape index (κ2) is 8.21. The quantitative estimate of drug-likeness (QED) is 0.621. The van der Waals surface area contributed by atoms with E-state index in [0.717, 1.165) is 41.6 Å². The highest BCUT2D eigenvalue weighted by Crippen LogP contribution is 2.25. The number of halogens is 1. The standard InChI is InChI=1S/C21H23ClN6O/c1-13-7-16(20(29)26-17-5-6-17)8-15(19(13)22)4-3-14-9-23-21(24-10-14)27-18-11-25-28(2)12-18/h7-12,17H,3-6H2,1-2H3,(H,26,29)(H,23,24,27). The summed E-state index contributed by atoms with van der Waals surface area (Å²) in [7, 11) is 1.85. The Kier molecular flexibility index (Phi) is 5.49. The summed E-state index contributed by atoms with van der Waals surface area (Å²) in [6.45, 7) is 1.93. The van der Waals surface area contributed by atoms with E-state index in [-0.39, 0.29) is 5.91 Å². The van der Waals surface area contributed by atoms with Crippen LogP contribution < -0.4 is 10.6 Å². The van der Waals surface area contributed by atoms with Crippen molar-refractivity contribution in [2.75, 3.05) is 5.32 Å². The number of nitrogens with one attached hydrogen (secondary N) is 2. The van der Waals surface area contributed by atoms with Crippen molar-refractivity contribution in [1.82, 2.24) is 25.1 Å². The molecule has 7 nitrogen and oxygen atoms in total. The van der Waals surface area contributed by atoms with Gasteiger partial charge in [0.05, 0.1) is 11.9 Å². The number of carbonyl (C=O) groups is 1.